The standard InChI is InChI=1S/C34H66O4/c1-7-9-11-13-15-17-18-20-22-24-26-33(25-23-21-19-16-14-12-10-8-2)29-37-31(5)27-36-32(6)28-38-34(35)30(3)4/h31-33H,3,7-29H2,1-2,4-6H3. The van der Waals surface area contributed by atoms with Crippen LogP contribution in [0.4, 0.5) is 0 Å². The fourth-order valence-corrected chi connectivity index (χ4v) is 4.81. The van der Waals surface area contributed by atoms with Crippen LogP contribution in [0.3, 0.4) is 0 Å². The molecule has 0 fully saturated rings. The van der Waals surface area contributed by atoms with E-state index in [1.807, 2.05) is 6.92 Å². The lowest BCUT2D eigenvalue weighted by Gasteiger charge is -2.22. The summed E-state index contributed by atoms with van der Waals surface area (Å²) in [6.45, 7) is 15.4. The van der Waals surface area contributed by atoms with Gasteiger partial charge < -0.3 is 14.2 Å². The Kier molecular flexibility index (Phi) is 27.1. The van der Waals surface area contributed by atoms with Crippen molar-refractivity contribution in [3.8, 4) is 0 Å². The molecule has 0 aromatic rings. The summed E-state index contributed by atoms with van der Waals surface area (Å²) >= 11 is 0. The molecule has 0 heterocycles. The predicted molar refractivity (Wildman–Crippen MR) is 164 cm³/mol. The molecule has 4 nitrogen and oxygen atoms in total. The van der Waals surface area contributed by atoms with E-state index in [0.717, 1.165) is 6.61 Å². The molecule has 0 aliphatic rings. The van der Waals surface area contributed by atoms with Crippen molar-refractivity contribution in [2.24, 2.45) is 5.92 Å². The van der Waals surface area contributed by atoms with Crippen LogP contribution in [0.25, 0.3) is 0 Å². The summed E-state index contributed by atoms with van der Waals surface area (Å²) in [5.41, 5.74) is 0.416. The Morgan fingerprint density at radius 3 is 1.37 bits per heavy atom. The van der Waals surface area contributed by atoms with E-state index >= 15 is 0 Å². The van der Waals surface area contributed by atoms with Gasteiger partial charge in [-0.15, -0.1) is 0 Å². The van der Waals surface area contributed by atoms with Gasteiger partial charge in [0.1, 0.15) is 6.61 Å². The normalized spacial score (nSPS) is 13.8. The maximum Gasteiger partial charge on any atom is 0.333 e. The van der Waals surface area contributed by atoms with Gasteiger partial charge in [-0.25, -0.2) is 4.79 Å². The molecule has 0 spiro atoms. The molecule has 0 N–H and O–H groups in total. The van der Waals surface area contributed by atoms with Crippen LogP contribution >= 0.6 is 0 Å². The number of carbonyl (C=O) groups is 1. The second-order valence-corrected chi connectivity index (χ2v) is 11.8. The summed E-state index contributed by atoms with van der Waals surface area (Å²) in [4.78, 5) is 11.6. The van der Waals surface area contributed by atoms with E-state index < -0.39 is 0 Å². The average molecular weight is 539 g/mol. The lowest BCUT2D eigenvalue weighted by molar-refractivity contribution is -0.143. The van der Waals surface area contributed by atoms with E-state index in [1.165, 1.54) is 128 Å². The van der Waals surface area contributed by atoms with Gasteiger partial charge in [-0.05, 0) is 39.5 Å². The highest BCUT2D eigenvalue weighted by molar-refractivity contribution is 5.86. The topological polar surface area (TPSA) is 44.8 Å². The molecule has 0 saturated heterocycles. The van der Waals surface area contributed by atoms with Crippen molar-refractivity contribution in [3.05, 3.63) is 12.2 Å². The Balaban J connectivity index is 4.20. The highest BCUT2D eigenvalue weighted by Gasteiger charge is 2.14. The maximum absolute atomic E-state index is 11.6. The third kappa shape index (κ3) is 25.4. The fourth-order valence-electron chi connectivity index (χ4n) is 4.81. The first-order valence-corrected chi connectivity index (χ1v) is 16.5. The molecule has 0 amide bonds. The monoisotopic (exact) mass is 538 g/mol. The summed E-state index contributed by atoms with van der Waals surface area (Å²) in [5.74, 6) is 0.293. The Bertz CT molecular complexity index is 533. The van der Waals surface area contributed by atoms with Crippen LogP contribution in [0.15, 0.2) is 12.2 Å². The first-order chi connectivity index (χ1) is 18.4. The largest absolute Gasteiger partial charge is 0.460 e. The number of carbonyl (C=O) groups excluding carboxylic acids is 1. The molecule has 0 bridgehead atoms. The molecule has 0 aromatic heterocycles. The van der Waals surface area contributed by atoms with Crippen LogP contribution in [-0.2, 0) is 19.0 Å². The van der Waals surface area contributed by atoms with Crippen LogP contribution in [-0.4, -0.2) is 38.0 Å². The Labute approximate surface area is 238 Å². The summed E-state index contributed by atoms with van der Waals surface area (Å²) < 4.78 is 17.3. The van der Waals surface area contributed by atoms with E-state index in [-0.39, 0.29) is 24.8 Å². The van der Waals surface area contributed by atoms with E-state index in [4.69, 9.17) is 14.2 Å². The molecule has 0 saturated carbocycles. The number of hydrogen-bond donors (Lipinski definition) is 0. The third-order valence-electron chi connectivity index (χ3n) is 7.46. The van der Waals surface area contributed by atoms with Crippen LogP contribution < -0.4 is 0 Å². The van der Waals surface area contributed by atoms with Gasteiger partial charge in [0.2, 0.25) is 0 Å². The van der Waals surface area contributed by atoms with Gasteiger partial charge in [0.25, 0.3) is 0 Å². The van der Waals surface area contributed by atoms with Gasteiger partial charge in [-0.1, -0.05) is 136 Å². The van der Waals surface area contributed by atoms with Gasteiger partial charge in [0.15, 0.2) is 0 Å². The zero-order valence-corrected chi connectivity index (χ0v) is 26.3. The first kappa shape index (κ1) is 37.1. The zero-order valence-electron chi connectivity index (χ0n) is 26.3. The summed E-state index contributed by atoms with van der Waals surface area (Å²) in [7, 11) is 0. The molecule has 38 heavy (non-hydrogen) atoms. The molecular weight excluding hydrogens is 472 g/mol. The molecule has 226 valence electrons. The van der Waals surface area contributed by atoms with Crippen molar-refractivity contribution < 1.29 is 19.0 Å². The van der Waals surface area contributed by atoms with Crippen molar-refractivity contribution in [1.82, 2.24) is 0 Å². The number of hydrogen-bond acceptors (Lipinski definition) is 4. The zero-order chi connectivity index (χ0) is 28.3. The predicted octanol–water partition coefficient (Wildman–Crippen LogP) is 10.4. The first-order valence-electron chi connectivity index (χ1n) is 16.5. The average Bonchev–Trinajstić information content (AvgIpc) is 2.90. The minimum atomic E-state index is -0.361. The molecule has 3 atom stereocenters. The second kappa shape index (κ2) is 27.7. The summed E-state index contributed by atoms with van der Waals surface area (Å²) in [5, 5.41) is 0. The quantitative estimate of drug-likeness (QED) is 0.0540. The van der Waals surface area contributed by atoms with E-state index in [2.05, 4.69) is 27.4 Å². The molecule has 0 aromatic carbocycles. The highest BCUT2D eigenvalue weighted by Crippen LogP contribution is 2.21. The number of ether oxygens (including phenoxy) is 3. The SMILES string of the molecule is C=C(C)C(=O)OCC(C)OCC(C)OCC(CCCCCCCCCC)CCCCCCCCCCCC. The van der Waals surface area contributed by atoms with Gasteiger partial charge >= 0.3 is 5.97 Å². The second-order valence-electron chi connectivity index (χ2n) is 11.8. The Morgan fingerprint density at radius 1 is 0.579 bits per heavy atom. The van der Waals surface area contributed by atoms with E-state index in [1.54, 1.807) is 6.92 Å². The van der Waals surface area contributed by atoms with Crippen molar-refractivity contribution in [1.29, 1.82) is 0 Å². The highest BCUT2D eigenvalue weighted by atomic mass is 16.6. The molecule has 0 aliphatic carbocycles. The summed E-state index contributed by atoms with van der Waals surface area (Å²) in [6.07, 6.45) is 27.3. The molecule has 3 unspecified atom stereocenters. The van der Waals surface area contributed by atoms with Gasteiger partial charge in [-0.3, -0.25) is 0 Å². The smallest absolute Gasteiger partial charge is 0.333 e. The van der Waals surface area contributed by atoms with Gasteiger partial charge in [0.05, 0.1) is 18.8 Å². The summed E-state index contributed by atoms with van der Waals surface area (Å²) in [6, 6.07) is 0. The molecule has 0 aliphatic heterocycles. The lowest BCUT2D eigenvalue weighted by atomic mass is 9.94. The van der Waals surface area contributed by atoms with E-state index in [9.17, 15) is 4.79 Å². The van der Waals surface area contributed by atoms with Crippen LogP contribution in [0.2, 0.25) is 0 Å². The molecule has 4 heteroatoms. The Hall–Kier alpha value is -0.870. The number of rotatable bonds is 29. The maximum atomic E-state index is 11.6. The van der Waals surface area contributed by atoms with Crippen LogP contribution in [0.1, 0.15) is 163 Å². The van der Waals surface area contributed by atoms with E-state index in [0.29, 0.717) is 18.1 Å². The lowest BCUT2D eigenvalue weighted by Crippen LogP contribution is -2.26. The van der Waals surface area contributed by atoms with Crippen molar-refractivity contribution in [3.63, 3.8) is 0 Å². The van der Waals surface area contributed by atoms with Gasteiger partial charge in [0, 0.05) is 12.2 Å². The molecule has 0 rings (SSSR count). The molecular formula is C34H66O4. The number of unbranched alkanes of at least 4 members (excludes halogenated alkanes) is 16. The van der Waals surface area contributed by atoms with Crippen molar-refractivity contribution >= 4 is 5.97 Å². The van der Waals surface area contributed by atoms with Gasteiger partial charge in [-0.2, -0.15) is 0 Å². The third-order valence-corrected chi connectivity index (χ3v) is 7.46. The van der Waals surface area contributed by atoms with Crippen molar-refractivity contribution in [2.45, 2.75) is 175 Å². The Morgan fingerprint density at radius 2 is 0.947 bits per heavy atom. The van der Waals surface area contributed by atoms with Crippen molar-refractivity contribution in [2.75, 3.05) is 19.8 Å². The minimum Gasteiger partial charge on any atom is -0.460 e. The molecule has 0 radical (unpaired) electrons. The van der Waals surface area contributed by atoms with Crippen LogP contribution in [0.5, 0.6) is 0 Å². The fraction of sp³-hybridized carbons (Fsp3) is 0.912. The minimum absolute atomic E-state index is 0.0445. The van der Waals surface area contributed by atoms with Crippen LogP contribution in [0, 0.1) is 5.92 Å². The number of esters is 1.